The second kappa shape index (κ2) is 8.93. The van der Waals surface area contributed by atoms with Crippen molar-refractivity contribution in [2.45, 2.75) is 46.6 Å². The van der Waals surface area contributed by atoms with Crippen LogP contribution in [0.2, 0.25) is 0 Å². The van der Waals surface area contributed by atoms with Crippen molar-refractivity contribution in [3.05, 3.63) is 24.0 Å². The number of anilines is 2. The number of carbonyl (C=O) groups is 3. The summed E-state index contributed by atoms with van der Waals surface area (Å²) < 4.78 is 1.64. The number of primary amides is 1. The van der Waals surface area contributed by atoms with Crippen molar-refractivity contribution in [2.24, 2.45) is 17.1 Å². The average molecular weight is 402 g/mol. The van der Waals surface area contributed by atoms with Crippen LogP contribution in [0.3, 0.4) is 0 Å². The van der Waals surface area contributed by atoms with Gasteiger partial charge in [-0.1, -0.05) is 20.8 Å². The maximum absolute atomic E-state index is 12.0. The molecule has 2 aromatic rings. The average Bonchev–Trinajstić information content (AvgIpc) is 3.18. The van der Waals surface area contributed by atoms with E-state index in [0.717, 1.165) is 12.8 Å². The van der Waals surface area contributed by atoms with Crippen molar-refractivity contribution >= 4 is 35.6 Å². The van der Waals surface area contributed by atoms with Crippen molar-refractivity contribution in [3.8, 4) is 0 Å². The van der Waals surface area contributed by atoms with Gasteiger partial charge in [-0.05, 0) is 37.2 Å². The Morgan fingerprint density at radius 1 is 1.34 bits per heavy atom. The maximum Gasteiger partial charge on any atom is 0.319 e. The van der Waals surface area contributed by atoms with Crippen LogP contribution in [0.15, 0.2) is 18.5 Å². The summed E-state index contributed by atoms with van der Waals surface area (Å²) in [5, 5.41) is 13.3. The third-order valence-electron chi connectivity index (χ3n) is 5.87. The predicted molar refractivity (Wildman–Crippen MR) is 113 cm³/mol. The van der Waals surface area contributed by atoms with E-state index in [1.165, 1.54) is 6.20 Å². The first-order valence-electron chi connectivity index (χ1n) is 9.65. The molecule has 0 bridgehead atoms. The minimum absolute atomic E-state index is 0.0872. The summed E-state index contributed by atoms with van der Waals surface area (Å²) in [4.78, 5) is 31.8. The summed E-state index contributed by atoms with van der Waals surface area (Å²) in [5.74, 6) is 0.0439. The first-order chi connectivity index (χ1) is 13.7. The highest BCUT2D eigenvalue weighted by atomic mass is 16.2. The number of rotatable bonds is 5. The molecule has 2 heterocycles. The van der Waals surface area contributed by atoms with Gasteiger partial charge in [-0.2, -0.15) is 5.10 Å². The number of amides is 3. The fraction of sp³-hybridized carbons (Fsp3) is 0.500. The standard InChI is InChI=1S/C19H28N6O2.CH2O/c1-5-21-18(27)23-12-8-14-16(13(17(20)26)9-22-25(14)10-12)24-15-7-6-11(2)19(15,3)4;1-2/h8-11,15,24H,5-7H2,1-4H3,(H2,20,26)(H2,21,23,27);1H2/t11-,15+;/m0./s1. The lowest BCUT2D eigenvalue weighted by Gasteiger charge is -2.33. The fourth-order valence-corrected chi connectivity index (χ4v) is 3.74. The van der Waals surface area contributed by atoms with Crippen molar-refractivity contribution < 1.29 is 14.4 Å². The molecule has 1 saturated carbocycles. The third kappa shape index (κ3) is 4.49. The number of fused-ring (bicyclic) bond motifs is 1. The minimum Gasteiger partial charge on any atom is -0.379 e. The summed E-state index contributed by atoms with van der Waals surface area (Å²) in [5.41, 5.74) is 7.99. The summed E-state index contributed by atoms with van der Waals surface area (Å²) in [6.45, 7) is 11.1. The van der Waals surface area contributed by atoms with Gasteiger partial charge in [0.05, 0.1) is 34.8 Å². The number of nitrogens with two attached hydrogens (primary N) is 1. The van der Waals surface area contributed by atoms with E-state index in [9.17, 15) is 9.59 Å². The zero-order valence-corrected chi connectivity index (χ0v) is 17.4. The number of aromatic nitrogens is 2. The van der Waals surface area contributed by atoms with Crippen LogP contribution < -0.4 is 21.7 Å². The molecule has 0 radical (unpaired) electrons. The minimum atomic E-state index is -0.532. The fourth-order valence-electron chi connectivity index (χ4n) is 3.74. The van der Waals surface area contributed by atoms with E-state index < -0.39 is 5.91 Å². The Morgan fingerprint density at radius 3 is 2.59 bits per heavy atom. The molecular weight excluding hydrogens is 372 g/mol. The van der Waals surface area contributed by atoms with Gasteiger partial charge in [-0.25, -0.2) is 9.31 Å². The molecule has 29 heavy (non-hydrogen) atoms. The predicted octanol–water partition coefficient (Wildman–Crippen LogP) is 2.63. The van der Waals surface area contributed by atoms with Gasteiger partial charge in [0.15, 0.2) is 0 Å². The molecule has 1 fully saturated rings. The Kier molecular flexibility index (Phi) is 6.84. The molecule has 3 amide bonds. The molecule has 0 aliphatic heterocycles. The molecule has 2 aromatic heterocycles. The van der Waals surface area contributed by atoms with E-state index >= 15 is 0 Å². The first-order valence-corrected chi connectivity index (χ1v) is 9.65. The summed E-state index contributed by atoms with van der Waals surface area (Å²) >= 11 is 0. The third-order valence-corrected chi connectivity index (χ3v) is 5.87. The van der Waals surface area contributed by atoms with Crippen LogP contribution >= 0.6 is 0 Å². The van der Waals surface area contributed by atoms with Gasteiger partial charge < -0.3 is 26.5 Å². The van der Waals surface area contributed by atoms with Gasteiger partial charge in [0.1, 0.15) is 6.79 Å². The Morgan fingerprint density at radius 2 is 2.03 bits per heavy atom. The summed E-state index contributed by atoms with van der Waals surface area (Å²) in [7, 11) is 0. The molecule has 1 aliphatic rings. The van der Waals surface area contributed by atoms with Crippen LogP contribution in [0.4, 0.5) is 16.2 Å². The molecule has 9 heteroatoms. The highest BCUT2D eigenvalue weighted by molar-refractivity contribution is 6.02. The zero-order valence-electron chi connectivity index (χ0n) is 17.4. The van der Waals surface area contributed by atoms with E-state index in [4.69, 9.17) is 10.5 Å². The lowest BCUT2D eigenvalue weighted by molar-refractivity contribution is -0.0980. The van der Waals surface area contributed by atoms with Crippen LogP contribution in [0.1, 0.15) is 50.9 Å². The van der Waals surface area contributed by atoms with E-state index in [0.29, 0.717) is 34.9 Å². The monoisotopic (exact) mass is 402 g/mol. The van der Waals surface area contributed by atoms with Gasteiger partial charge in [0, 0.05) is 12.6 Å². The molecule has 5 N–H and O–H groups in total. The number of nitrogens with zero attached hydrogens (tertiary/aromatic N) is 2. The number of nitrogens with one attached hydrogen (secondary N) is 3. The largest absolute Gasteiger partial charge is 0.379 e. The molecule has 0 saturated heterocycles. The molecule has 3 rings (SSSR count). The van der Waals surface area contributed by atoms with E-state index in [-0.39, 0.29) is 17.5 Å². The Balaban J connectivity index is 0.00000145. The second-order valence-corrected chi connectivity index (χ2v) is 7.84. The van der Waals surface area contributed by atoms with Gasteiger partial charge >= 0.3 is 6.03 Å². The number of urea groups is 1. The maximum atomic E-state index is 12.0. The highest BCUT2D eigenvalue weighted by Crippen LogP contribution is 2.44. The molecule has 9 nitrogen and oxygen atoms in total. The Hall–Kier alpha value is -3.10. The van der Waals surface area contributed by atoms with Crippen molar-refractivity contribution in [1.29, 1.82) is 0 Å². The van der Waals surface area contributed by atoms with E-state index in [1.54, 1.807) is 16.8 Å². The lowest BCUT2D eigenvalue weighted by atomic mass is 9.80. The summed E-state index contributed by atoms with van der Waals surface area (Å²) in [6, 6.07) is 1.72. The smallest absolute Gasteiger partial charge is 0.319 e. The van der Waals surface area contributed by atoms with Crippen molar-refractivity contribution in [1.82, 2.24) is 14.9 Å². The topological polar surface area (TPSA) is 131 Å². The van der Waals surface area contributed by atoms with Crippen LogP contribution in [0.5, 0.6) is 0 Å². The van der Waals surface area contributed by atoms with Crippen LogP contribution in [-0.4, -0.2) is 40.9 Å². The number of hydrogen-bond acceptors (Lipinski definition) is 5. The van der Waals surface area contributed by atoms with Crippen LogP contribution in [0, 0.1) is 11.3 Å². The molecule has 1 aliphatic carbocycles. The first kappa shape index (κ1) is 22.2. The molecule has 2 atom stereocenters. The van der Waals surface area contributed by atoms with Gasteiger partial charge in [-0.3, -0.25) is 4.79 Å². The van der Waals surface area contributed by atoms with Gasteiger partial charge in [0.2, 0.25) is 0 Å². The molecule has 0 spiro atoms. The highest BCUT2D eigenvalue weighted by Gasteiger charge is 2.41. The van der Waals surface area contributed by atoms with Gasteiger partial charge in [0.25, 0.3) is 5.91 Å². The van der Waals surface area contributed by atoms with Crippen molar-refractivity contribution in [3.63, 3.8) is 0 Å². The normalized spacial score (nSPS) is 19.9. The van der Waals surface area contributed by atoms with E-state index in [2.05, 4.69) is 41.8 Å². The van der Waals surface area contributed by atoms with Crippen LogP contribution in [0.25, 0.3) is 5.52 Å². The lowest BCUT2D eigenvalue weighted by Crippen LogP contribution is -2.35. The Labute approximate surface area is 170 Å². The number of carbonyl (C=O) groups excluding carboxylic acids is 3. The SMILES string of the molecule is C=O.CCNC(=O)Nc1cc2c(N[C@@H]3CC[C@H](C)C3(C)C)c(C(N)=O)cnn2c1. The molecule has 158 valence electrons. The molecule has 0 unspecified atom stereocenters. The quantitative estimate of drug-likeness (QED) is 0.611. The van der Waals surface area contributed by atoms with Crippen LogP contribution in [-0.2, 0) is 4.79 Å². The van der Waals surface area contributed by atoms with Gasteiger partial charge in [-0.15, -0.1) is 0 Å². The second-order valence-electron chi connectivity index (χ2n) is 7.84. The number of hydrogen-bond donors (Lipinski definition) is 4. The Bertz CT molecular complexity index is 892. The van der Waals surface area contributed by atoms with Crippen molar-refractivity contribution in [2.75, 3.05) is 17.2 Å². The summed E-state index contributed by atoms with van der Waals surface area (Å²) in [6.07, 6.45) is 5.33. The zero-order chi connectivity index (χ0) is 21.8. The molecular formula is C20H30N6O3. The molecule has 0 aromatic carbocycles. The van der Waals surface area contributed by atoms with E-state index in [1.807, 2.05) is 13.7 Å².